The first-order valence-corrected chi connectivity index (χ1v) is 7.29. The minimum Gasteiger partial charge on any atom is -0.497 e. The second-order valence-corrected chi connectivity index (χ2v) is 6.40. The number of nitrogens with zero attached hydrogens (tertiary/aromatic N) is 1. The van der Waals surface area contributed by atoms with E-state index in [-0.39, 0.29) is 17.5 Å². The molecule has 0 saturated carbocycles. The maximum absolute atomic E-state index is 12.0. The number of methoxy groups -OCH3 is 1. The molecule has 5 nitrogen and oxygen atoms in total. The minimum atomic E-state index is -0.344. The van der Waals surface area contributed by atoms with Crippen LogP contribution in [0.1, 0.15) is 45.6 Å². The lowest BCUT2D eigenvalue weighted by molar-refractivity contribution is -0.122. The molecule has 0 aromatic heterocycles. The number of carbonyl (C=O) groups excluding carboxylic acids is 1. The lowest BCUT2D eigenvalue weighted by Gasteiger charge is -2.49. The Morgan fingerprint density at radius 3 is 2.76 bits per heavy atom. The van der Waals surface area contributed by atoms with Crippen molar-refractivity contribution in [2.75, 3.05) is 12.0 Å². The summed E-state index contributed by atoms with van der Waals surface area (Å²) >= 11 is 0. The first-order valence-electron chi connectivity index (χ1n) is 7.29. The first-order chi connectivity index (χ1) is 9.81. The Balaban J connectivity index is 2.56. The summed E-state index contributed by atoms with van der Waals surface area (Å²) in [5, 5.41) is 0. The number of fused-ring (bicyclic) bond motifs is 1. The third-order valence-electron chi connectivity index (χ3n) is 4.39. The molecule has 1 aliphatic heterocycles. The molecule has 116 valence electrons. The molecule has 0 aliphatic carbocycles. The van der Waals surface area contributed by atoms with Crippen LogP contribution in [0.5, 0.6) is 5.75 Å². The molecule has 2 rings (SSSR count). The number of carbonyl (C=O) groups is 1. The maximum atomic E-state index is 12.0. The highest BCUT2D eigenvalue weighted by atomic mass is 16.5. The van der Waals surface area contributed by atoms with Crippen LogP contribution < -0.4 is 20.9 Å². The van der Waals surface area contributed by atoms with Crippen molar-refractivity contribution in [2.45, 2.75) is 51.6 Å². The molecular weight excluding hydrogens is 266 g/mol. The third-order valence-corrected chi connectivity index (χ3v) is 4.39. The second kappa shape index (κ2) is 5.56. The third kappa shape index (κ3) is 2.70. The number of nitrogens with two attached hydrogens (primary N) is 1. The van der Waals surface area contributed by atoms with Crippen LogP contribution in [-0.4, -0.2) is 24.6 Å². The summed E-state index contributed by atoms with van der Waals surface area (Å²) in [6.07, 6.45) is 0.981. The summed E-state index contributed by atoms with van der Waals surface area (Å²) in [7, 11) is 1.65. The Morgan fingerprint density at radius 2 is 2.19 bits per heavy atom. The van der Waals surface area contributed by atoms with Crippen LogP contribution in [0.2, 0.25) is 0 Å². The first kappa shape index (κ1) is 15.6. The van der Waals surface area contributed by atoms with Crippen molar-refractivity contribution in [2.24, 2.45) is 5.84 Å². The molecule has 0 spiro atoms. The van der Waals surface area contributed by atoms with E-state index in [9.17, 15) is 4.79 Å². The van der Waals surface area contributed by atoms with Crippen LogP contribution in [0.15, 0.2) is 18.2 Å². The van der Waals surface area contributed by atoms with Gasteiger partial charge in [-0.05, 0) is 44.7 Å². The van der Waals surface area contributed by atoms with Gasteiger partial charge in [-0.1, -0.05) is 13.0 Å². The quantitative estimate of drug-likeness (QED) is 0.509. The van der Waals surface area contributed by atoms with Gasteiger partial charge in [-0.15, -0.1) is 0 Å². The lowest BCUT2D eigenvalue weighted by Crippen LogP contribution is -2.58. The van der Waals surface area contributed by atoms with Gasteiger partial charge in [0.15, 0.2) is 0 Å². The van der Waals surface area contributed by atoms with Crippen LogP contribution in [0.3, 0.4) is 0 Å². The average Bonchev–Trinajstić information content (AvgIpc) is 2.44. The van der Waals surface area contributed by atoms with E-state index < -0.39 is 0 Å². The summed E-state index contributed by atoms with van der Waals surface area (Å²) in [5.74, 6) is 6.36. The Kier molecular flexibility index (Phi) is 4.14. The van der Waals surface area contributed by atoms with Crippen molar-refractivity contribution in [3.05, 3.63) is 23.8 Å². The van der Waals surface area contributed by atoms with Gasteiger partial charge in [0.2, 0.25) is 0 Å². The van der Waals surface area contributed by atoms with Crippen LogP contribution in [-0.2, 0) is 4.79 Å². The fourth-order valence-electron chi connectivity index (χ4n) is 3.53. The molecule has 5 heteroatoms. The molecule has 0 unspecified atom stereocenters. The van der Waals surface area contributed by atoms with Crippen molar-refractivity contribution in [3.8, 4) is 5.75 Å². The van der Waals surface area contributed by atoms with Crippen molar-refractivity contribution >= 4 is 11.6 Å². The molecule has 21 heavy (non-hydrogen) atoms. The van der Waals surface area contributed by atoms with Gasteiger partial charge in [-0.3, -0.25) is 10.2 Å². The van der Waals surface area contributed by atoms with Crippen molar-refractivity contribution in [3.63, 3.8) is 0 Å². The second-order valence-electron chi connectivity index (χ2n) is 6.40. The molecule has 1 aromatic rings. The van der Waals surface area contributed by atoms with Crippen LogP contribution >= 0.6 is 0 Å². The number of hydrogen-bond acceptors (Lipinski definition) is 4. The van der Waals surface area contributed by atoms with E-state index in [2.05, 4.69) is 37.2 Å². The Labute approximate surface area is 126 Å². The number of hydrazine groups is 1. The number of rotatable bonds is 3. The summed E-state index contributed by atoms with van der Waals surface area (Å²) < 4.78 is 5.35. The zero-order valence-corrected chi connectivity index (χ0v) is 13.4. The fraction of sp³-hybridized carbons (Fsp3) is 0.562. The molecule has 1 aliphatic rings. The summed E-state index contributed by atoms with van der Waals surface area (Å²) in [5.41, 5.74) is 4.42. The lowest BCUT2D eigenvalue weighted by atomic mass is 9.79. The standard InChI is InChI=1S/C16H25N3O2/c1-10-9-16(3,4)19(11(2)15(20)18-17)14-8-12(21-5)6-7-13(10)14/h6-8,10-11H,9,17H2,1-5H3,(H,18,20)/t10-,11-/m1/s1. The molecule has 1 aromatic carbocycles. The van der Waals surface area contributed by atoms with Crippen molar-refractivity contribution < 1.29 is 9.53 Å². The van der Waals surface area contributed by atoms with Crippen molar-refractivity contribution in [1.29, 1.82) is 0 Å². The van der Waals surface area contributed by atoms with Crippen LogP contribution in [0.25, 0.3) is 0 Å². The fourth-order valence-corrected chi connectivity index (χ4v) is 3.53. The van der Waals surface area contributed by atoms with E-state index in [1.54, 1.807) is 7.11 Å². The summed E-state index contributed by atoms with van der Waals surface area (Å²) in [4.78, 5) is 14.2. The predicted molar refractivity (Wildman–Crippen MR) is 84.4 cm³/mol. The molecule has 2 atom stereocenters. The molecule has 1 amide bonds. The minimum absolute atomic E-state index is 0.134. The maximum Gasteiger partial charge on any atom is 0.256 e. The Bertz CT molecular complexity index is 542. The van der Waals surface area contributed by atoms with Gasteiger partial charge >= 0.3 is 0 Å². The van der Waals surface area contributed by atoms with Gasteiger partial charge in [0.05, 0.1) is 7.11 Å². The Morgan fingerprint density at radius 1 is 1.52 bits per heavy atom. The predicted octanol–water partition coefficient (Wildman–Crippen LogP) is 2.17. The zero-order chi connectivity index (χ0) is 15.8. The SMILES string of the molecule is COc1ccc2c(c1)N([C@H](C)C(=O)NN)C(C)(C)C[C@H]2C. The van der Waals surface area contributed by atoms with Gasteiger partial charge in [0.1, 0.15) is 11.8 Å². The number of nitrogens with one attached hydrogen (secondary N) is 1. The summed E-state index contributed by atoms with van der Waals surface area (Å²) in [6.45, 7) is 8.42. The molecule has 0 saturated heterocycles. The van der Waals surface area contributed by atoms with Crippen LogP contribution in [0, 0.1) is 0 Å². The molecule has 3 N–H and O–H groups in total. The highest BCUT2D eigenvalue weighted by Gasteiger charge is 2.40. The number of amides is 1. The van der Waals surface area contributed by atoms with E-state index in [0.29, 0.717) is 5.92 Å². The normalized spacial score (nSPS) is 21.4. The largest absolute Gasteiger partial charge is 0.497 e. The highest BCUT2D eigenvalue weighted by molar-refractivity contribution is 5.85. The molecule has 0 fully saturated rings. The number of anilines is 1. The van der Waals surface area contributed by atoms with E-state index in [4.69, 9.17) is 10.6 Å². The zero-order valence-electron chi connectivity index (χ0n) is 13.4. The molecule has 0 bridgehead atoms. The smallest absolute Gasteiger partial charge is 0.256 e. The summed E-state index contributed by atoms with van der Waals surface area (Å²) in [6, 6.07) is 5.73. The Hall–Kier alpha value is -1.75. The van der Waals surface area contributed by atoms with Crippen molar-refractivity contribution in [1.82, 2.24) is 5.43 Å². The topological polar surface area (TPSA) is 67.6 Å². The van der Waals surface area contributed by atoms with Gasteiger partial charge < -0.3 is 9.64 Å². The van der Waals surface area contributed by atoms with E-state index >= 15 is 0 Å². The number of ether oxygens (including phenoxy) is 1. The van der Waals surface area contributed by atoms with Crippen LogP contribution in [0.4, 0.5) is 5.69 Å². The average molecular weight is 291 g/mol. The number of hydrogen-bond donors (Lipinski definition) is 2. The molecule has 1 heterocycles. The molecular formula is C16H25N3O2. The van der Waals surface area contributed by atoms with Gasteiger partial charge in [-0.2, -0.15) is 0 Å². The highest BCUT2D eigenvalue weighted by Crippen LogP contribution is 2.45. The molecule has 0 radical (unpaired) electrons. The van der Waals surface area contributed by atoms with Gasteiger partial charge in [0.25, 0.3) is 5.91 Å². The van der Waals surface area contributed by atoms with Gasteiger partial charge in [-0.25, -0.2) is 5.84 Å². The monoisotopic (exact) mass is 291 g/mol. The number of benzene rings is 1. The van der Waals surface area contributed by atoms with Gasteiger partial charge in [0, 0.05) is 17.3 Å². The van der Waals surface area contributed by atoms with E-state index in [1.807, 2.05) is 19.1 Å². The van der Waals surface area contributed by atoms with E-state index in [0.717, 1.165) is 17.9 Å². The van der Waals surface area contributed by atoms with E-state index in [1.165, 1.54) is 5.56 Å².